The first kappa shape index (κ1) is 33.6. The van der Waals surface area contributed by atoms with Crippen molar-refractivity contribution in [2.45, 2.75) is 0 Å². The van der Waals surface area contributed by atoms with Crippen LogP contribution in [0.5, 0.6) is 0 Å². The minimum Gasteiger partial charge on any atom is -0.456 e. The normalized spacial score (nSPS) is 11.4. The molecular weight excluding hydrogens is 729 g/mol. The molecule has 0 aliphatic rings. The quantitative estimate of drug-likeness (QED) is 0.169. The van der Waals surface area contributed by atoms with Gasteiger partial charge in [0.2, 0.25) is 0 Å². The Bertz CT molecular complexity index is 3410. The van der Waals surface area contributed by atoms with Crippen LogP contribution in [0.2, 0.25) is 0 Å². The van der Waals surface area contributed by atoms with Crippen LogP contribution < -0.4 is 0 Å². The molecule has 0 saturated carbocycles. The molecule has 0 fully saturated rings. The first-order chi connectivity index (χ1) is 28.7. The molecule has 58 heavy (non-hydrogen) atoms. The van der Waals surface area contributed by atoms with Crippen molar-refractivity contribution in [3.8, 4) is 73.6 Å². The summed E-state index contributed by atoms with van der Waals surface area (Å²) in [6.45, 7) is 0. The van der Waals surface area contributed by atoms with Crippen LogP contribution >= 0.6 is 11.3 Å². The Morgan fingerprint density at radius 2 is 1.02 bits per heavy atom. The summed E-state index contributed by atoms with van der Waals surface area (Å²) in [6.07, 6.45) is 0. The summed E-state index contributed by atoms with van der Waals surface area (Å²) in [5, 5.41) is 13.9. The fourth-order valence-electron chi connectivity index (χ4n) is 8.00. The van der Waals surface area contributed by atoms with Gasteiger partial charge >= 0.3 is 0 Å². The minimum absolute atomic E-state index is 0.556. The highest BCUT2D eigenvalue weighted by Gasteiger charge is 2.19. The van der Waals surface area contributed by atoms with Gasteiger partial charge in [-0.05, 0) is 81.9 Å². The van der Waals surface area contributed by atoms with E-state index >= 15 is 0 Å². The average Bonchev–Trinajstić information content (AvgIpc) is 3.88. The maximum Gasteiger partial charge on any atom is 0.164 e. The average molecular weight is 759 g/mol. The number of hydrogen-bond acceptors (Lipinski definition) is 6. The molecule has 0 atom stereocenters. The van der Waals surface area contributed by atoms with Gasteiger partial charge in [0.25, 0.3) is 0 Å². The standard InChI is InChI=1S/C52H30N4OS/c53-31-32-10-6-13-36(28-32)34-22-24-35(25-23-34)50-54-51(56-52(55-50)43-18-9-21-47-49(43)42-16-4-5-20-46(42)58-47)39-26-27-41-45(30-39)57-44-19-8-17-40(48(41)44)38-15-7-14-37(29-38)33-11-2-1-3-12-33/h1-30H. The highest BCUT2D eigenvalue weighted by Crippen LogP contribution is 2.41. The van der Waals surface area contributed by atoms with Gasteiger partial charge in [-0.2, -0.15) is 5.26 Å². The Hall–Kier alpha value is -7.72. The Balaban J connectivity index is 1.06. The van der Waals surface area contributed by atoms with Gasteiger partial charge in [0.1, 0.15) is 11.2 Å². The van der Waals surface area contributed by atoms with Crippen molar-refractivity contribution in [3.63, 3.8) is 0 Å². The maximum absolute atomic E-state index is 9.47. The molecule has 5 nitrogen and oxygen atoms in total. The third-order valence-corrected chi connectivity index (χ3v) is 11.9. The lowest BCUT2D eigenvalue weighted by molar-refractivity contribution is 0.669. The summed E-state index contributed by atoms with van der Waals surface area (Å²) < 4.78 is 9.00. The number of nitrogens with zero attached hydrogens (tertiary/aromatic N) is 4. The highest BCUT2D eigenvalue weighted by atomic mass is 32.1. The van der Waals surface area contributed by atoms with Gasteiger partial charge in [-0.15, -0.1) is 11.3 Å². The fourth-order valence-corrected chi connectivity index (χ4v) is 9.13. The van der Waals surface area contributed by atoms with Crippen molar-refractivity contribution >= 4 is 53.4 Å². The van der Waals surface area contributed by atoms with E-state index in [0.29, 0.717) is 23.0 Å². The zero-order chi connectivity index (χ0) is 38.6. The van der Waals surface area contributed by atoms with Gasteiger partial charge in [-0.3, -0.25) is 0 Å². The summed E-state index contributed by atoms with van der Waals surface area (Å²) in [7, 11) is 0. The summed E-state index contributed by atoms with van der Waals surface area (Å²) in [5.74, 6) is 1.73. The second-order valence-corrected chi connectivity index (χ2v) is 15.4. The van der Waals surface area contributed by atoms with E-state index in [-0.39, 0.29) is 0 Å². The van der Waals surface area contributed by atoms with Crippen molar-refractivity contribution in [2.24, 2.45) is 0 Å². The van der Waals surface area contributed by atoms with Crippen molar-refractivity contribution < 1.29 is 4.42 Å². The Labute approximate surface area is 337 Å². The lowest BCUT2D eigenvalue weighted by atomic mass is 9.96. The highest BCUT2D eigenvalue weighted by molar-refractivity contribution is 7.25. The molecule has 3 heterocycles. The first-order valence-corrected chi connectivity index (χ1v) is 19.9. The van der Waals surface area contributed by atoms with Crippen molar-refractivity contribution in [1.82, 2.24) is 15.0 Å². The zero-order valence-corrected chi connectivity index (χ0v) is 31.7. The SMILES string of the molecule is N#Cc1cccc(-c2ccc(-c3nc(-c4ccc5c(c4)oc4cccc(-c6cccc(-c7ccccc7)c6)c45)nc(-c4cccc5sc6ccccc6c45)n3)cc2)c1. The second kappa shape index (κ2) is 13.8. The summed E-state index contributed by atoms with van der Waals surface area (Å²) in [5.41, 5.74) is 11.4. The number of aromatic nitrogens is 3. The van der Waals surface area contributed by atoms with Gasteiger partial charge in [0.15, 0.2) is 17.5 Å². The summed E-state index contributed by atoms with van der Waals surface area (Å²) >= 11 is 1.77. The number of furan rings is 1. The van der Waals surface area contributed by atoms with Crippen molar-refractivity contribution in [3.05, 3.63) is 188 Å². The van der Waals surface area contributed by atoms with Crippen LogP contribution in [0.15, 0.2) is 186 Å². The lowest BCUT2D eigenvalue weighted by Crippen LogP contribution is -2.00. The third-order valence-electron chi connectivity index (χ3n) is 10.8. The van der Waals surface area contributed by atoms with Gasteiger partial charge in [-0.1, -0.05) is 133 Å². The number of rotatable bonds is 6. The summed E-state index contributed by atoms with van der Waals surface area (Å²) in [6, 6.07) is 64.6. The predicted molar refractivity (Wildman–Crippen MR) is 237 cm³/mol. The topological polar surface area (TPSA) is 75.6 Å². The molecular formula is C52H30N4OS. The van der Waals surface area contributed by atoms with Crippen molar-refractivity contribution in [1.29, 1.82) is 5.26 Å². The van der Waals surface area contributed by atoms with Crippen molar-refractivity contribution in [2.75, 3.05) is 0 Å². The van der Waals surface area contributed by atoms with Crippen LogP contribution in [0, 0.1) is 11.3 Å². The van der Waals surface area contributed by atoms with E-state index in [4.69, 9.17) is 19.4 Å². The largest absolute Gasteiger partial charge is 0.456 e. The van der Waals surface area contributed by atoms with Crippen LogP contribution in [0.25, 0.3) is 110 Å². The molecule has 3 aromatic heterocycles. The number of benzene rings is 8. The molecule has 0 aliphatic carbocycles. The molecule has 8 aromatic carbocycles. The zero-order valence-electron chi connectivity index (χ0n) is 30.9. The molecule has 0 radical (unpaired) electrons. The number of nitriles is 1. The maximum atomic E-state index is 9.47. The predicted octanol–water partition coefficient (Wildman–Crippen LogP) is 14.0. The molecule has 11 aromatic rings. The molecule has 0 spiro atoms. The van der Waals surface area contributed by atoms with E-state index < -0.39 is 0 Å². The lowest BCUT2D eigenvalue weighted by Gasteiger charge is -2.10. The monoisotopic (exact) mass is 758 g/mol. The van der Waals surface area contributed by atoms with Gasteiger partial charge in [-0.25, -0.2) is 15.0 Å². The Morgan fingerprint density at radius 3 is 1.88 bits per heavy atom. The smallest absolute Gasteiger partial charge is 0.164 e. The molecule has 6 heteroatoms. The molecule has 270 valence electrons. The first-order valence-electron chi connectivity index (χ1n) is 19.1. The van der Waals surface area contributed by atoms with E-state index in [1.54, 1.807) is 11.3 Å². The van der Waals surface area contributed by atoms with E-state index in [9.17, 15) is 5.26 Å². The van der Waals surface area contributed by atoms with Gasteiger partial charge in [0.05, 0.1) is 11.6 Å². The second-order valence-electron chi connectivity index (χ2n) is 14.3. The van der Waals surface area contributed by atoms with Crippen LogP contribution in [-0.2, 0) is 0 Å². The van der Waals surface area contributed by atoms with Crippen LogP contribution in [0.1, 0.15) is 5.56 Å². The fraction of sp³-hybridized carbons (Fsp3) is 0. The van der Waals surface area contributed by atoms with Crippen LogP contribution in [0.3, 0.4) is 0 Å². The molecule has 0 unspecified atom stereocenters. The molecule has 0 amide bonds. The molecule has 0 N–H and O–H groups in total. The molecule has 0 aliphatic heterocycles. The van der Waals surface area contributed by atoms with E-state index in [1.165, 1.54) is 25.9 Å². The Kier molecular flexibility index (Phi) is 7.99. The number of thiophene rings is 1. The molecule has 0 saturated heterocycles. The van der Waals surface area contributed by atoms with E-state index in [0.717, 1.165) is 66.3 Å². The molecule has 11 rings (SSSR count). The van der Waals surface area contributed by atoms with E-state index in [2.05, 4.69) is 133 Å². The molecule has 0 bridgehead atoms. The third kappa shape index (κ3) is 5.81. The van der Waals surface area contributed by atoms with Crippen LogP contribution in [-0.4, -0.2) is 15.0 Å². The number of fused-ring (bicyclic) bond motifs is 6. The Morgan fingerprint density at radius 1 is 0.397 bits per heavy atom. The van der Waals surface area contributed by atoms with Gasteiger partial charge < -0.3 is 4.42 Å². The summed E-state index contributed by atoms with van der Waals surface area (Å²) in [4.78, 5) is 15.5. The van der Waals surface area contributed by atoms with Gasteiger partial charge in [0, 0.05) is 47.6 Å². The van der Waals surface area contributed by atoms with E-state index in [1.807, 2.05) is 54.6 Å². The number of hydrogen-bond donors (Lipinski definition) is 0. The van der Waals surface area contributed by atoms with Crippen LogP contribution in [0.4, 0.5) is 0 Å². The minimum atomic E-state index is 0.556.